The summed E-state index contributed by atoms with van der Waals surface area (Å²) in [6, 6.07) is 4.13. The predicted molar refractivity (Wildman–Crippen MR) is 71.3 cm³/mol. The molecule has 0 aliphatic carbocycles. The SMILES string of the molecule is CC(C)(CNC(=O)CCN)c1cccs1.Cl. The summed E-state index contributed by atoms with van der Waals surface area (Å²) in [6.07, 6.45) is 0.403. The van der Waals surface area contributed by atoms with Gasteiger partial charge in [0.15, 0.2) is 0 Å². The van der Waals surface area contributed by atoms with E-state index in [0.29, 0.717) is 19.5 Å². The van der Waals surface area contributed by atoms with Gasteiger partial charge in [-0.25, -0.2) is 0 Å². The number of thiophene rings is 1. The number of nitrogens with one attached hydrogen (secondary N) is 1. The lowest BCUT2D eigenvalue weighted by molar-refractivity contribution is -0.121. The topological polar surface area (TPSA) is 55.1 Å². The number of rotatable bonds is 5. The normalized spacial score (nSPS) is 10.7. The van der Waals surface area contributed by atoms with Crippen molar-refractivity contribution in [1.29, 1.82) is 0 Å². The number of hydrogen-bond acceptors (Lipinski definition) is 3. The van der Waals surface area contributed by atoms with Gasteiger partial charge in [0.05, 0.1) is 0 Å². The van der Waals surface area contributed by atoms with Crippen LogP contribution in [0.2, 0.25) is 0 Å². The molecule has 1 amide bonds. The first kappa shape index (κ1) is 15.4. The van der Waals surface area contributed by atoms with Crippen LogP contribution in [0.15, 0.2) is 17.5 Å². The molecule has 0 aliphatic rings. The second-order valence-corrected chi connectivity index (χ2v) is 5.12. The van der Waals surface area contributed by atoms with Crippen molar-refractivity contribution in [1.82, 2.24) is 5.32 Å². The number of halogens is 1. The molecule has 0 spiro atoms. The van der Waals surface area contributed by atoms with Gasteiger partial charge >= 0.3 is 0 Å². The molecule has 1 rings (SSSR count). The van der Waals surface area contributed by atoms with Crippen molar-refractivity contribution in [2.45, 2.75) is 25.7 Å². The van der Waals surface area contributed by atoms with Gasteiger partial charge in [-0.05, 0) is 11.4 Å². The summed E-state index contributed by atoms with van der Waals surface area (Å²) < 4.78 is 0. The van der Waals surface area contributed by atoms with E-state index in [4.69, 9.17) is 5.73 Å². The van der Waals surface area contributed by atoms with E-state index in [1.54, 1.807) is 11.3 Å². The number of hydrogen-bond donors (Lipinski definition) is 2. The van der Waals surface area contributed by atoms with Gasteiger partial charge in [0, 0.05) is 29.8 Å². The summed E-state index contributed by atoms with van der Waals surface area (Å²) >= 11 is 1.72. The Morgan fingerprint density at radius 2 is 2.25 bits per heavy atom. The Hall–Kier alpha value is -0.580. The number of nitrogens with two attached hydrogens (primary N) is 1. The van der Waals surface area contributed by atoms with Gasteiger partial charge in [-0.15, -0.1) is 23.7 Å². The fourth-order valence-electron chi connectivity index (χ4n) is 1.29. The molecule has 0 fully saturated rings. The summed E-state index contributed by atoms with van der Waals surface area (Å²) in [7, 11) is 0. The highest BCUT2D eigenvalue weighted by Gasteiger charge is 2.21. The van der Waals surface area contributed by atoms with Crippen LogP contribution in [0.25, 0.3) is 0 Å². The first-order valence-electron chi connectivity index (χ1n) is 5.07. The minimum absolute atomic E-state index is 0. The van der Waals surface area contributed by atoms with Crippen LogP contribution in [0, 0.1) is 0 Å². The summed E-state index contributed by atoms with van der Waals surface area (Å²) in [6.45, 7) is 5.32. The van der Waals surface area contributed by atoms with E-state index in [1.807, 2.05) is 6.07 Å². The van der Waals surface area contributed by atoms with E-state index in [-0.39, 0.29) is 23.7 Å². The van der Waals surface area contributed by atoms with Gasteiger partial charge in [0.1, 0.15) is 0 Å². The van der Waals surface area contributed by atoms with E-state index in [0.717, 1.165) is 0 Å². The third kappa shape index (κ3) is 4.51. The largest absolute Gasteiger partial charge is 0.355 e. The first-order valence-corrected chi connectivity index (χ1v) is 5.95. The standard InChI is InChI=1S/C11H18N2OS.ClH/c1-11(2,9-4-3-7-15-9)8-13-10(14)5-6-12;/h3-4,7H,5-6,8,12H2,1-2H3,(H,13,14);1H. The molecular weight excluding hydrogens is 244 g/mol. The van der Waals surface area contributed by atoms with E-state index < -0.39 is 0 Å². The molecule has 0 radical (unpaired) electrons. The molecular formula is C11H19ClN2OS. The highest BCUT2D eigenvalue weighted by Crippen LogP contribution is 2.26. The second kappa shape index (κ2) is 6.89. The first-order chi connectivity index (χ1) is 7.06. The predicted octanol–water partition coefficient (Wildman–Crippen LogP) is 1.91. The van der Waals surface area contributed by atoms with Crippen molar-refractivity contribution in [3.63, 3.8) is 0 Å². The quantitative estimate of drug-likeness (QED) is 0.852. The van der Waals surface area contributed by atoms with Crippen molar-refractivity contribution < 1.29 is 4.79 Å². The third-order valence-corrected chi connectivity index (χ3v) is 3.52. The van der Waals surface area contributed by atoms with Gasteiger partial charge in [-0.1, -0.05) is 19.9 Å². The molecule has 1 aromatic rings. The minimum atomic E-state index is -0.00156. The molecule has 3 nitrogen and oxygen atoms in total. The molecule has 0 atom stereocenters. The molecule has 0 aromatic carbocycles. The number of carbonyl (C=O) groups is 1. The van der Waals surface area contributed by atoms with Crippen LogP contribution < -0.4 is 11.1 Å². The zero-order valence-corrected chi connectivity index (χ0v) is 11.3. The lowest BCUT2D eigenvalue weighted by atomic mass is 9.91. The van der Waals surface area contributed by atoms with E-state index in [9.17, 15) is 4.79 Å². The van der Waals surface area contributed by atoms with Crippen LogP contribution in [0.4, 0.5) is 0 Å². The van der Waals surface area contributed by atoms with Crippen LogP contribution in [0.1, 0.15) is 25.1 Å². The van der Waals surface area contributed by atoms with Crippen molar-refractivity contribution in [3.8, 4) is 0 Å². The monoisotopic (exact) mass is 262 g/mol. The Morgan fingerprint density at radius 1 is 1.56 bits per heavy atom. The summed E-state index contributed by atoms with van der Waals surface area (Å²) in [5, 5.41) is 4.95. The molecule has 0 unspecified atom stereocenters. The van der Waals surface area contributed by atoms with Crippen molar-refractivity contribution in [3.05, 3.63) is 22.4 Å². The fourth-order valence-corrected chi connectivity index (χ4v) is 2.14. The summed E-state index contributed by atoms with van der Waals surface area (Å²) in [5.74, 6) is 0.0298. The molecule has 3 N–H and O–H groups in total. The highest BCUT2D eigenvalue weighted by atomic mass is 35.5. The minimum Gasteiger partial charge on any atom is -0.355 e. The third-order valence-electron chi connectivity index (χ3n) is 2.29. The summed E-state index contributed by atoms with van der Waals surface area (Å²) in [4.78, 5) is 12.6. The Balaban J connectivity index is 0.00000225. The molecule has 1 heterocycles. The number of amides is 1. The van der Waals surface area contributed by atoms with E-state index >= 15 is 0 Å². The fraction of sp³-hybridized carbons (Fsp3) is 0.545. The maximum atomic E-state index is 11.3. The van der Waals surface area contributed by atoms with Gasteiger partial charge in [0.2, 0.25) is 5.91 Å². The number of carbonyl (C=O) groups excluding carboxylic acids is 1. The van der Waals surface area contributed by atoms with Gasteiger partial charge < -0.3 is 11.1 Å². The van der Waals surface area contributed by atoms with Crippen LogP contribution in [-0.2, 0) is 10.2 Å². The Bertz CT molecular complexity index is 312. The second-order valence-electron chi connectivity index (χ2n) is 4.18. The molecule has 0 aliphatic heterocycles. The lowest BCUT2D eigenvalue weighted by Gasteiger charge is -2.23. The van der Waals surface area contributed by atoms with Crippen LogP contribution in [0.3, 0.4) is 0 Å². The van der Waals surface area contributed by atoms with Crippen molar-refractivity contribution in [2.75, 3.05) is 13.1 Å². The van der Waals surface area contributed by atoms with Crippen LogP contribution in [0.5, 0.6) is 0 Å². The summed E-state index contributed by atoms with van der Waals surface area (Å²) in [5.41, 5.74) is 5.30. The molecule has 0 bridgehead atoms. The molecule has 1 aromatic heterocycles. The molecule has 5 heteroatoms. The smallest absolute Gasteiger partial charge is 0.221 e. The van der Waals surface area contributed by atoms with Crippen molar-refractivity contribution >= 4 is 29.7 Å². The van der Waals surface area contributed by atoms with E-state index in [2.05, 4.69) is 30.6 Å². The zero-order valence-electron chi connectivity index (χ0n) is 9.66. The van der Waals surface area contributed by atoms with Gasteiger partial charge in [-0.2, -0.15) is 0 Å². The average Bonchev–Trinajstić information content (AvgIpc) is 2.69. The molecule has 0 saturated heterocycles. The van der Waals surface area contributed by atoms with Gasteiger partial charge in [-0.3, -0.25) is 4.79 Å². The molecule has 0 saturated carbocycles. The Labute approximate surface area is 107 Å². The van der Waals surface area contributed by atoms with E-state index in [1.165, 1.54) is 4.88 Å². The molecule has 92 valence electrons. The Morgan fingerprint density at radius 3 is 2.75 bits per heavy atom. The van der Waals surface area contributed by atoms with Crippen LogP contribution in [-0.4, -0.2) is 19.0 Å². The zero-order chi connectivity index (χ0) is 11.3. The van der Waals surface area contributed by atoms with Crippen LogP contribution >= 0.6 is 23.7 Å². The molecule has 16 heavy (non-hydrogen) atoms. The maximum Gasteiger partial charge on any atom is 0.221 e. The highest BCUT2D eigenvalue weighted by molar-refractivity contribution is 7.10. The lowest BCUT2D eigenvalue weighted by Crippen LogP contribution is -2.36. The van der Waals surface area contributed by atoms with Gasteiger partial charge in [0.25, 0.3) is 0 Å². The van der Waals surface area contributed by atoms with Crippen molar-refractivity contribution in [2.24, 2.45) is 5.73 Å². The maximum absolute atomic E-state index is 11.3. The average molecular weight is 263 g/mol. The Kier molecular flexibility index (Phi) is 6.64.